The Labute approximate surface area is 147 Å². The Hall–Kier alpha value is 4.79. The van der Waals surface area contributed by atoms with E-state index < -0.39 is 0 Å². The molecule has 0 spiro atoms. The molecule has 0 unspecified atom stereocenters. The predicted molar refractivity (Wildman–Crippen MR) is 0 cm³/mol. The summed E-state index contributed by atoms with van der Waals surface area (Å²) >= 11 is 0. The van der Waals surface area contributed by atoms with E-state index in [0.29, 0.717) is 0 Å². The molecule has 0 aliphatic heterocycles. The fourth-order valence-corrected chi connectivity index (χ4v) is 0. The third-order valence-electron chi connectivity index (χ3n) is 0. The van der Waals surface area contributed by atoms with Gasteiger partial charge in [-0.2, -0.15) is 0 Å². The summed E-state index contributed by atoms with van der Waals surface area (Å²) in [6, 6.07) is 0. The molecular weight excluding hydrogens is 576 g/mol. The first kappa shape index (κ1) is 45.1. The number of hydrogen-bond acceptors (Lipinski definition) is 0. The molecule has 0 aliphatic rings. The quantitative estimate of drug-likeness (QED) is 0.199. The van der Waals surface area contributed by atoms with E-state index in [1.165, 1.54) is 0 Å². The Morgan fingerprint density at radius 3 is 0.500 bits per heavy atom. The number of halogens is 4. The van der Waals surface area contributed by atoms with Crippen molar-refractivity contribution in [3.63, 3.8) is 0 Å². The Kier molecular flexibility index (Phi) is 248. The van der Waals surface area contributed by atoms with Crippen molar-refractivity contribution < 1.29 is 151 Å². The molecule has 0 aromatic heterocycles. The molecule has 0 saturated heterocycles. The van der Waals surface area contributed by atoms with Crippen molar-refractivity contribution in [3.05, 3.63) is 0 Å². The van der Waals surface area contributed by atoms with Crippen molar-refractivity contribution in [2.24, 2.45) is 0 Å². The number of rotatable bonds is 0. The molecular formula is I4NaSc. The largest absolute Gasteiger partial charge is 3.00 e. The molecule has 0 heterocycles. The predicted octanol–water partition coefficient (Wildman–Crippen LogP) is -15.0. The average molecular weight is 576 g/mol. The minimum Gasteiger partial charge on any atom is -1.00 e. The zero-order valence-electron chi connectivity index (χ0n) is 3.09. The second kappa shape index (κ2) is 33.0. The zero-order chi connectivity index (χ0) is 0. The van der Waals surface area contributed by atoms with Crippen LogP contribution in [0.3, 0.4) is 0 Å². The molecule has 0 nitrogen and oxygen atoms in total. The van der Waals surface area contributed by atoms with Crippen molar-refractivity contribution in [3.8, 4) is 0 Å². The molecule has 0 radical (unpaired) electrons. The SMILES string of the molecule is [I-].[I-].[I-].[I-].[Na+].[Sc+3]. The summed E-state index contributed by atoms with van der Waals surface area (Å²) in [5.41, 5.74) is 0. The molecule has 32 valence electrons. The van der Waals surface area contributed by atoms with Gasteiger partial charge in [-0.25, -0.2) is 0 Å². The summed E-state index contributed by atoms with van der Waals surface area (Å²) in [6.45, 7) is 0. The van der Waals surface area contributed by atoms with E-state index in [1.807, 2.05) is 0 Å². The van der Waals surface area contributed by atoms with Gasteiger partial charge in [-0.05, 0) is 0 Å². The van der Waals surface area contributed by atoms with Gasteiger partial charge in [0.1, 0.15) is 0 Å². The molecule has 0 aromatic rings. The second-order valence-electron chi connectivity index (χ2n) is 0. The van der Waals surface area contributed by atoms with E-state index in [0.717, 1.165) is 0 Å². The van der Waals surface area contributed by atoms with E-state index >= 15 is 0 Å². The second-order valence-corrected chi connectivity index (χ2v) is 0. The van der Waals surface area contributed by atoms with Gasteiger partial charge in [0.2, 0.25) is 0 Å². The Morgan fingerprint density at radius 1 is 0.500 bits per heavy atom. The van der Waals surface area contributed by atoms with E-state index in [2.05, 4.69) is 0 Å². The summed E-state index contributed by atoms with van der Waals surface area (Å²) in [7, 11) is 0. The van der Waals surface area contributed by atoms with Gasteiger partial charge in [0.15, 0.2) is 0 Å². The van der Waals surface area contributed by atoms with Gasteiger partial charge in [-0.1, -0.05) is 0 Å². The van der Waals surface area contributed by atoms with Crippen molar-refractivity contribution in [2.75, 3.05) is 0 Å². The molecule has 0 aromatic carbocycles. The van der Waals surface area contributed by atoms with Crippen LogP contribution >= 0.6 is 0 Å². The number of hydrogen-bond donors (Lipinski definition) is 0. The normalized spacial score (nSPS) is 0. The maximum Gasteiger partial charge on any atom is 3.00 e. The van der Waals surface area contributed by atoms with Crippen molar-refractivity contribution in [2.45, 2.75) is 0 Å². The molecule has 6 heavy (non-hydrogen) atoms. The van der Waals surface area contributed by atoms with Crippen molar-refractivity contribution >= 4 is 0 Å². The van der Waals surface area contributed by atoms with E-state index in [-0.39, 0.29) is 151 Å². The molecule has 0 fully saturated rings. The van der Waals surface area contributed by atoms with E-state index in [9.17, 15) is 0 Å². The van der Waals surface area contributed by atoms with E-state index in [1.54, 1.807) is 0 Å². The summed E-state index contributed by atoms with van der Waals surface area (Å²) in [6.07, 6.45) is 0. The van der Waals surface area contributed by atoms with Gasteiger partial charge in [0.05, 0.1) is 0 Å². The first-order valence-electron chi connectivity index (χ1n) is 0. The molecule has 0 N–H and O–H groups in total. The minimum absolute atomic E-state index is 0. The molecule has 0 saturated carbocycles. The molecule has 0 bridgehead atoms. The summed E-state index contributed by atoms with van der Waals surface area (Å²) in [5.74, 6) is 0. The third kappa shape index (κ3) is 23.2. The van der Waals surface area contributed by atoms with Crippen LogP contribution in [0.2, 0.25) is 0 Å². The summed E-state index contributed by atoms with van der Waals surface area (Å²) in [5, 5.41) is 0. The van der Waals surface area contributed by atoms with Gasteiger partial charge < -0.3 is 95.9 Å². The summed E-state index contributed by atoms with van der Waals surface area (Å²) in [4.78, 5) is 0. The van der Waals surface area contributed by atoms with Crippen LogP contribution in [0.1, 0.15) is 0 Å². The van der Waals surface area contributed by atoms with Crippen LogP contribution in [0, 0.1) is 0 Å². The topological polar surface area (TPSA) is 0 Å². The summed E-state index contributed by atoms with van der Waals surface area (Å²) < 4.78 is 0. The monoisotopic (exact) mass is 576 g/mol. The smallest absolute Gasteiger partial charge is 1.00 e. The van der Waals surface area contributed by atoms with Gasteiger partial charge in [-0.15, -0.1) is 0 Å². The minimum atomic E-state index is 0. The van der Waals surface area contributed by atoms with Crippen LogP contribution in [-0.4, -0.2) is 0 Å². The molecule has 0 aliphatic carbocycles. The Balaban J connectivity index is 0. The van der Waals surface area contributed by atoms with Crippen LogP contribution in [0.4, 0.5) is 0 Å². The first-order valence-corrected chi connectivity index (χ1v) is 0. The van der Waals surface area contributed by atoms with Crippen LogP contribution < -0.4 is 125 Å². The van der Waals surface area contributed by atoms with Crippen molar-refractivity contribution in [1.29, 1.82) is 0 Å². The zero-order valence-corrected chi connectivity index (χ0v) is 15.5. The first-order chi connectivity index (χ1) is 0. The van der Waals surface area contributed by atoms with Crippen LogP contribution in [0.25, 0.3) is 0 Å². The van der Waals surface area contributed by atoms with E-state index in [4.69, 9.17) is 0 Å². The fourth-order valence-electron chi connectivity index (χ4n) is 0. The van der Waals surface area contributed by atoms with Gasteiger partial charge >= 0.3 is 55.4 Å². The van der Waals surface area contributed by atoms with Gasteiger partial charge in [-0.3, -0.25) is 0 Å². The Morgan fingerprint density at radius 2 is 0.500 bits per heavy atom. The van der Waals surface area contributed by atoms with Crippen LogP contribution in [0.15, 0.2) is 0 Å². The van der Waals surface area contributed by atoms with Gasteiger partial charge in [0, 0.05) is 0 Å². The molecule has 0 amide bonds. The van der Waals surface area contributed by atoms with Crippen LogP contribution in [-0.2, 0) is 25.8 Å². The molecule has 6 heteroatoms. The van der Waals surface area contributed by atoms with Crippen molar-refractivity contribution in [1.82, 2.24) is 0 Å². The van der Waals surface area contributed by atoms with Crippen LogP contribution in [0.5, 0.6) is 0 Å². The standard InChI is InChI=1S/4HI.Na.Sc/h4*1H;;/q;;;;+1;+3/p-4. The molecule has 0 rings (SSSR count). The Bertz CT molecular complexity index is 7.51. The van der Waals surface area contributed by atoms with Gasteiger partial charge in [0.25, 0.3) is 0 Å². The molecule has 0 atom stereocenters. The maximum absolute atomic E-state index is 0. The fraction of sp³-hybridized carbons (Fsp3) is 0. The third-order valence-corrected chi connectivity index (χ3v) is 0. The average Bonchev–Trinajstić information content (AvgIpc) is 0. The maximum atomic E-state index is 0.